The summed E-state index contributed by atoms with van der Waals surface area (Å²) in [6, 6.07) is 3.36. The monoisotopic (exact) mass is 232 g/mol. The van der Waals surface area contributed by atoms with Gasteiger partial charge in [0.2, 0.25) is 0 Å². The minimum atomic E-state index is 0.0222. The number of anilines is 1. The summed E-state index contributed by atoms with van der Waals surface area (Å²) >= 11 is 0. The molecule has 0 aromatic carbocycles. The molecule has 0 aliphatic carbocycles. The predicted molar refractivity (Wildman–Crippen MR) is 67.0 cm³/mol. The standard InChI is InChI=1S/C12H16N4O/c1-3-16-7-10(4-5-12(16)17)13-6-11-9(2)14-8-15-11/h4-5,7-8,13H,3,6H2,1-2H3,(H,14,15). The molecule has 0 fully saturated rings. The fourth-order valence-electron chi connectivity index (χ4n) is 1.63. The first-order valence-electron chi connectivity index (χ1n) is 5.64. The largest absolute Gasteiger partial charge is 0.378 e. The lowest BCUT2D eigenvalue weighted by Gasteiger charge is -2.08. The van der Waals surface area contributed by atoms with Gasteiger partial charge < -0.3 is 14.9 Å². The molecule has 5 heteroatoms. The molecule has 90 valence electrons. The van der Waals surface area contributed by atoms with Crippen LogP contribution in [0.15, 0.2) is 29.5 Å². The van der Waals surface area contributed by atoms with Crippen molar-refractivity contribution in [3.8, 4) is 0 Å². The third-order valence-corrected chi connectivity index (χ3v) is 2.72. The number of aromatic amines is 1. The number of pyridine rings is 1. The van der Waals surface area contributed by atoms with E-state index in [1.165, 1.54) is 0 Å². The van der Waals surface area contributed by atoms with Crippen LogP contribution in [0.5, 0.6) is 0 Å². The second-order valence-electron chi connectivity index (χ2n) is 3.87. The highest BCUT2D eigenvalue weighted by atomic mass is 16.1. The minimum absolute atomic E-state index is 0.0222. The number of aromatic nitrogens is 3. The summed E-state index contributed by atoms with van der Waals surface area (Å²) in [6.07, 6.45) is 3.50. The first-order valence-corrected chi connectivity index (χ1v) is 5.64. The number of aryl methyl sites for hydroxylation is 2. The molecular formula is C12H16N4O. The van der Waals surface area contributed by atoms with Gasteiger partial charge in [-0.2, -0.15) is 0 Å². The molecule has 0 atom stereocenters. The maximum atomic E-state index is 11.4. The molecule has 0 amide bonds. The molecule has 0 aliphatic rings. The Balaban J connectivity index is 2.09. The second-order valence-corrected chi connectivity index (χ2v) is 3.87. The zero-order valence-corrected chi connectivity index (χ0v) is 10.0. The van der Waals surface area contributed by atoms with Gasteiger partial charge >= 0.3 is 0 Å². The third-order valence-electron chi connectivity index (χ3n) is 2.72. The van der Waals surface area contributed by atoms with Gasteiger partial charge in [0, 0.05) is 24.5 Å². The van der Waals surface area contributed by atoms with Gasteiger partial charge in [-0.25, -0.2) is 4.98 Å². The van der Waals surface area contributed by atoms with E-state index in [0.29, 0.717) is 13.1 Å². The van der Waals surface area contributed by atoms with Crippen LogP contribution in [0, 0.1) is 6.92 Å². The highest BCUT2D eigenvalue weighted by Gasteiger charge is 2.01. The Morgan fingerprint density at radius 1 is 1.47 bits per heavy atom. The number of H-pyrrole nitrogens is 1. The summed E-state index contributed by atoms with van der Waals surface area (Å²) in [7, 11) is 0. The Hall–Kier alpha value is -2.04. The van der Waals surface area contributed by atoms with E-state index in [1.54, 1.807) is 23.0 Å². The molecule has 2 aromatic rings. The topological polar surface area (TPSA) is 62.7 Å². The molecule has 0 saturated carbocycles. The average Bonchev–Trinajstić information content (AvgIpc) is 2.74. The number of hydrogen-bond acceptors (Lipinski definition) is 3. The molecule has 0 radical (unpaired) electrons. The molecule has 0 saturated heterocycles. The van der Waals surface area contributed by atoms with E-state index >= 15 is 0 Å². The number of nitrogens with zero attached hydrogens (tertiary/aromatic N) is 2. The lowest BCUT2D eigenvalue weighted by atomic mass is 10.3. The average molecular weight is 232 g/mol. The minimum Gasteiger partial charge on any atom is -0.378 e. The molecule has 2 N–H and O–H groups in total. The summed E-state index contributed by atoms with van der Waals surface area (Å²) < 4.78 is 1.67. The first kappa shape index (κ1) is 11.4. The smallest absolute Gasteiger partial charge is 0.250 e. The normalized spacial score (nSPS) is 10.5. The van der Waals surface area contributed by atoms with E-state index in [4.69, 9.17) is 0 Å². The Labute approximate surface area is 99.5 Å². The van der Waals surface area contributed by atoms with E-state index in [2.05, 4.69) is 15.3 Å². The Kier molecular flexibility index (Phi) is 3.27. The van der Waals surface area contributed by atoms with Gasteiger partial charge in [-0.15, -0.1) is 0 Å². The third kappa shape index (κ3) is 2.55. The first-order chi connectivity index (χ1) is 8.20. The summed E-state index contributed by atoms with van der Waals surface area (Å²) in [5.41, 5.74) is 2.99. The van der Waals surface area contributed by atoms with Crippen LogP contribution in [0.1, 0.15) is 18.3 Å². The van der Waals surface area contributed by atoms with Crippen molar-refractivity contribution in [3.05, 3.63) is 46.4 Å². The lowest BCUT2D eigenvalue weighted by Crippen LogP contribution is -2.17. The van der Waals surface area contributed by atoms with Crippen molar-refractivity contribution in [2.24, 2.45) is 0 Å². The van der Waals surface area contributed by atoms with Crippen LogP contribution in [0.2, 0.25) is 0 Å². The van der Waals surface area contributed by atoms with Crippen LogP contribution in [0.25, 0.3) is 0 Å². The summed E-state index contributed by atoms with van der Waals surface area (Å²) in [6.45, 7) is 5.26. The molecule has 2 heterocycles. The van der Waals surface area contributed by atoms with Crippen molar-refractivity contribution >= 4 is 5.69 Å². The fourth-order valence-corrected chi connectivity index (χ4v) is 1.63. The van der Waals surface area contributed by atoms with E-state index in [-0.39, 0.29) is 5.56 Å². The molecular weight excluding hydrogens is 216 g/mol. The molecule has 0 bridgehead atoms. The molecule has 2 rings (SSSR count). The van der Waals surface area contributed by atoms with Crippen molar-refractivity contribution in [2.45, 2.75) is 26.9 Å². The van der Waals surface area contributed by atoms with Gasteiger partial charge in [-0.1, -0.05) is 0 Å². The van der Waals surface area contributed by atoms with Crippen LogP contribution in [0.4, 0.5) is 5.69 Å². The summed E-state index contributed by atoms with van der Waals surface area (Å²) in [5, 5.41) is 3.25. The van der Waals surface area contributed by atoms with Crippen molar-refractivity contribution in [2.75, 3.05) is 5.32 Å². The molecule has 2 aromatic heterocycles. The van der Waals surface area contributed by atoms with Crippen LogP contribution < -0.4 is 10.9 Å². The highest BCUT2D eigenvalue weighted by Crippen LogP contribution is 2.07. The highest BCUT2D eigenvalue weighted by molar-refractivity contribution is 5.40. The maximum Gasteiger partial charge on any atom is 0.250 e. The van der Waals surface area contributed by atoms with Crippen LogP contribution in [0.3, 0.4) is 0 Å². The maximum absolute atomic E-state index is 11.4. The van der Waals surface area contributed by atoms with Crippen LogP contribution in [-0.4, -0.2) is 14.5 Å². The molecule has 17 heavy (non-hydrogen) atoms. The quantitative estimate of drug-likeness (QED) is 0.840. The Morgan fingerprint density at radius 3 is 2.94 bits per heavy atom. The number of hydrogen-bond donors (Lipinski definition) is 2. The lowest BCUT2D eigenvalue weighted by molar-refractivity contribution is 0.727. The van der Waals surface area contributed by atoms with E-state index in [1.807, 2.05) is 20.0 Å². The summed E-state index contributed by atoms with van der Waals surface area (Å²) in [4.78, 5) is 18.6. The summed E-state index contributed by atoms with van der Waals surface area (Å²) in [5.74, 6) is 0. The van der Waals surface area contributed by atoms with Gasteiger partial charge in [-0.05, 0) is 19.9 Å². The van der Waals surface area contributed by atoms with Crippen molar-refractivity contribution in [3.63, 3.8) is 0 Å². The van der Waals surface area contributed by atoms with E-state index in [0.717, 1.165) is 17.1 Å². The number of nitrogens with one attached hydrogen (secondary N) is 2. The van der Waals surface area contributed by atoms with Crippen molar-refractivity contribution in [1.82, 2.24) is 14.5 Å². The van der Waals surface area contributed by atoms with Gasteiger partial charge in [0.25, 0.3) is 5.56 Å². The Bertz CT molecular complexity index is 556. The van der Waals surface area contributed by atoms with Gasteiger partial charge in [0.05, 0.1) is 24.3 Å². The molecule has 0 aliphatic heterocycles. The van der Waals surface area contributed by atoms with Gasteiger partial charge in [-0.3, -0.25) is 4.79 Å². The van der Waals surface area contributed by atoms with Gasteiger partial charge in [0.1, 0.15) is 0 Å². The predicted octanol–water partition coefficient (Wildman–Crippen LogP) is 1.51. The van der Waals surface area contributed by atoms with E-state index < -0.39 is 0 Å². The van der Waals surface area contributed by atoms with Gasteiger partial charge in [0.15, 0.2) is 0 Å². The fraction of sp³-hybridized carbons (Fsp3) is 0.333. The zero-order chi connectivity index (χ0) is 12.3. The second kappa shape index (κ2) is 4.86. The number of imidazole rings is 1. The van der Waals surface area contributed by atoms with Crippen molar-refractivity contribution < 1.29 is 0 Å². The van der Waals surface area contributed by atoms with Crippen LogP contribution >= 0.6 is 0 Å². The zero-order valence-electron chi connectivity index (χ0n) is 10.0. The molecule has 0 unspecified atom stereocenters. The molecule has 0 spiro atoms. The van der Waals surface area contributed by atoms with E-state index in [9.17, 15) is 4.79 Å². The van der Waals surface area contributed by atoms with Crippen molar-refractivity contribution in [1.29, 1.82) is 0 Å². The SMILES string of the molecule is CCn1cc(NCc2nc[nH]c2C)ccc1=O. The Morgan fingerprint density at radius 2 is 2.29 bits per heavy atom. The van der Waals surface area contributed by atoms with Crippen LogP contribution in [-0.2, 0) is 13.1 Å². The number of rotatable bonds is 4. The molecule has 5 nitrogen and oxygen atoms in total.